The number of H-pyrrole nitrogens is 1. The maximum atomic E-state index is 12.2. The first-order valence-corrected chi connectivity index (χ1v) is 8.64. The van der Waals surface area contributed by atoms with E-state index in [1.54, 1.807) is 14.2 Å². The monoisotopic (exact) mass is 366 g/mol. The van der Waals surface area contributed by atoms with Crippen LogP contribution in [0, 0.1) is 0 Å². The standard InChI is InChI=1S/C20H22N4O3/c1-26-16-10-7-14(8-11-16)9-12-18-21-20(24-23-18)22-19(25)13-15-5-3-4-6-17(15)27-2/h3-8,10-11H,9,12-13H2,1-2H3,(H2,21,22,23,24,25). The van der Waals surface area contributed by atoms with E-state index in [1.807, 2.05) is 48.5 Å². The summed E-state index contributed by atoms with van der Waals surface area (Å²) < 4.78 is 10.4. The number of carbonyl (C=O) groups excluding carboxylic acids is 1. The zero-order valence-electron chi connectivity index (χ0n) is 15.4. The van der Waals surface area contributed by atoms with Gasteiger partial charge in [0.2, 0.25) is 11.9 Å². The highest BCUT2D eigenvalue weighted by molar-refractivity contribution is 5.91. The Morgan fingerprint density at radius 2 is 1.81 bits per heavy atom. The zero-order valence-corrected chi connectivity index (χ0v) is 15.4. The lowest BCUT2D eigenvalue weighted by atomic mass is 10.1. The number of rotatable bonds is 8. The fraction of sp³-hybridized carbons (Fsp3) is 0.250. The van der Waals surface area contributed by atoms with Crippen molar-refractivity contribution >= 4 is 11.9 Å². The number of aryl methyl sites for hydroxylation is 2. The van der Waals surface area contributed by atoms with Gasteiger partial charge in [-0.25, -0.2) is 0 Å². The summed E-state index contributed by atoms with van der Waals surface area (Å²) in [5, 5.41) is 9.64. The summed E-state index contributed by atoms with van der Waals surface area (Å²) in [6.45, 7) is 0. The van der Waals surface area contributed by atoms with Gasteiger partial charge in [-0.05, 0) is 30.2 Å². The molecule has 1 aromatic heterocycles. The minimum absolute atomic E-state index is 0.194. The van der Waals surface area contributed by atoms with Crippen LogP contribution in [0.5, 0.6) is 11.5 Å². The lowest BCUT2D eigenvalue weighted by Gasteiger charge is -2.07. The van der Waals surface area contributed by atoms with Crippen LogP contribution in [-0.2, 0) is 24.1 Å². The van der Waals surface area contributed by atoms with E-state index >= 15 is 0 Å². The Bertz CT molecular complexity index is 890. The van der Waals surface area contributed by atoms with Gasteiger partial charge in [-0.2, -0.15) is 4.98 Å². The summed E-state index contributed by atoms with van der Waals surface area (Å²) in [4.78, 5) is 16.6. The van der Waals surface area contributed by atoms with Crippen LogP contribution in [0.1, 0.15) is 17.0 Å². The fourth-order valence-electron chi connectivity index (χ4n) is 2.71. The molecule has 7 nitrogen and oxygen atoms in total. The van der Waals surface area contributed by atoms with E-state index in [0.717, 1.165) is 23.6 Å². The van der Waals surface area contributed by atoms with Crippen LogP contribution in [0.25, 0.3) is 0 Å². The van der Waals surface area contributed by atoms with Gasteiger partial charge in [-0.15, -0.1) is 5.10 Å². The molecule has 0 aliphatic carbocycles. The molecule has 0 atom stereocenters. The highest BCUT2D eigenvalue weighted by Gasteiger charge is 2.11. The second-order valence-corrected chi connectivity index (χ2v) is 5.99. The molecule has 0 unspecified atom stereocenters. The molecule has 0 saturated heterocycles. The highest BCUT2D eigenvalue weighted by Crippen LogP contribution is 2.18. The Hall–Kier alpha value is -3.35. The fourth-order valence-corrected chi connectivity index (χ4v) is 2.71. The van der Waals surface area contributed by atoms with Crippen LogP contribution < -0.4 is 14.8 Å². The first-order valence-electron chi connectivity index (χ1n) is 8.64. The van der Waals surface area contributed by atoms with E-state index in [1.165, 1.54) is 5.56 Å². The summed E-state index contributed by atoms with van der Waals surface area (Å²) in [5.74, 6) is 2.32. The molecular weight excluding hydrogens is 344 g/mol. The minimum Gasteiger partial charge on any atom is -0.497 e. The van der Waals surface area contributed by atoms with Gasteiger partial charge in [0, 0.05) is 12.0 Å². The summed E-state index contributed by atoms with van der Waals surface area (Å²) in [6, 6.07) is 15.3. The van der Waals surface area contributed by atoms with Crippen molar-refractivity contribution < 1.29 is 14.3 Å². The van der Waals surface area contributed by atoms with Crippen molar-refractivity contribution in [3.05, 3.63) is 65.5 Å². The number of carbonyl (C=O) groups is 1. The van der Waals surface area contributed by atoms with Crippen molar-refractivity contribution in [1.82, 2.24) is 15.2 Å². The van der Waals surface area contributed by atoms with Crippen LogP contribution in [0.3, 0.4) is 0 Å². The van der Waals surface area contributed by atoms with Gasteiger partial charge in [0.1, 0.15) is 17.3 Å². The molecular formula is C20H22N4O3. The number of para-hydroxylation sites is 1. The van der Waals surface area contributed by atoms with Gasteiger partial charge >= 0.3 is 0 Å². The minimum atomic E-state index is -0.194. The number of benzene rings is 2. The number of hydrogen-bond donors (Lipinski definition) is 2. The van der Waals surface area contributed by atoms with Crippen LogP contribution in [0.2, 0.25) is 0 Å². The summed E-state index contributed by atoms with van der Waals surface area (Å²) >= 11 is 0. The van der Waals surface area contributed by atoms with Crippen molar-refractivity contribution in [2.24, 2.45) is 0 Å². The topological polar surface area (TPSA) is 89.1 Å². The molecule has 0 spiro atoms. The molecule has 0 bridgehead atoms. The quantitative estimate of drug-likeness (QED) is 0.640. The second kappa shape index (κ2) is 8.84. The Kier molecular flexibility index (Phi) is 6.04. The molecule has 3 rings (SSSR count). The van der Waals surface area contributed by atoms with E-state index in [2.05, 4.69) is 20.5 Å². The molecule has 0 fully saturated rings. The smallest absolute Gasteiger partial charge is 0.248 e. The third-order valence-electron chi connectivity index (χ3n) is 4.14. The predicted octanol–water partition coefficient (Wildman–Crippen LogP) is 2.79. The molecule has 2 N–H and O–H groups in total. The van der Waals surface area contributed by atoms with Crippen molar-refractivity contribution in [1.29, 1.82) is 0 Å². The van der Waals surface area contributed by atoms with Gasteiger partial charge in [0.25, 0.3) is 0 Å². The number of ether oxygens (including phenoxy) is 2. The van der Waals surface area contributed by atoms with Crippen molar-refractivity contribution in [2.45, 2.75) is 19.3 Å². The zero-order chi connectivity index (χ0) is 19.1. The Balaban J connectivity index is 1.53. The van der Waals surface area contributed by atoms with Crippen molar-refractivity contribution in [3.8, 4) is 11.5 Å². The van der Waals surface area contributed by atoms with Crippen LogP contribution in [-0.4, -0.2) is 35.3 Å². The van der Waals surface area contributed by atoms with Gasteiger partial charge in [-0.1, -0.05) is 30.3 Å². The Morgan fingerprint density at radius 3 is 2.56 bits per heavy atom. The Morgan fingerprint density at radius 1 is 1.04 bits per heavy atom. The molecule has 0 aliphatic heterocycles. The number of methoxy groups -OCH3 is 2. The molecule has 1 heterocycles. The molecule has 3 aromatic rings. The number of anilines is 1. The number of amides is 1. The van der Waals surface area contributed by atoms with Crippen molar-refractivity contribution in [2.75, 3.05) is 19.5 Å². The molecule has 0 saturated carbocycles. The van der Waals surface area contributed by atoms with E-state index in [9.17, 15) is 4.79 Å². The molecule has 0 radical (unpaired) electrons. The first kappa shape index (κ1) is 18.4. The van der Waals surface area contributed by atoms with Gasteiger partial charge in [0.05, 0.1) is 20.6 Å². The van der Waals surface area contributed by atoms with Gasteiger partial charge in [-0.3, -0.25) is 15.2 Å². The average Bonchev–Trinajstić information content (AvgIpc) is 3.14. The maximum Gasteiger partial charge on any atom is 0.248 e. The third kappa shape index (κ3) is 5.07. The van der Waals surface area contributed by atoms with E-state index in [0.29, 0.717) is 12.2 Å². The normalized spacial score (nSPS) is 10.4. The molecule has 1 amide bonds. The number of nitrogens with one attached hydrogen (secondary N) is 2. The SMILES string of the molecule is COc1ccc(CCc2nc(NC(=O)Cc3ccccc3OC)n[nH]2)cc1. The van der Waals surface area contributed by atoms with Crippen LogP contribution in [0.4, 0.5) is 5.95 Å². The molecule has 7 heteroatoms. The van der Waals surface area contributed by atoms with Gasteiger partial charge in [0.15, 0.2) is 0 Å². The Labute approximate surface area is 157 Å². The molecule has 2 aromatic carbocycles. The van der Waals surface area contributed by atoms with Crippen LogP contribution in [0.15, 0.2) is 48.5 Å². The molecule has 27 heavy (non-hydrogen) atoms. The number of aromatic amines is 1. The largest absolute Gasteiger partial charge is 0.497 e. The van der Waals surface area contributed by atoms with E-state index in [4.69, 9.17) is 9.47 Å². The lowest BCUT2D eigenvalue weighted by molar-refractivity contribution is -0.115. The van der Waals surface area contributed by atoms with Gasteiger partial charge < -0.3 is 9.47 Å². The average molecular weight is 366 g/mol. The first-order chi connectivity index (χ1) is 13.2. The number of hydrogen-bond acceptors (Lipinski definition) is 5. The number of nitrogens with zero attached hydrogens (tertiary/aromatic N) is 2. The van der Waals surface area contributed by atoms with Crippen molar-refractivity contribution in [3.63, 3.8) is 0 Å². The lowest BCUT2D eigenvalue weighted by Crippen LogP contribution is -2.15. The predicted molar refractivity (Wildman–Crippen MR) is 102 cm³/mol. The van der Waals surface area contributed by atoms with E-state index < -0.39 is 0 Å². The summed E-state index contributed by atoms with van der Waals surface area (Å²) in [6.07, 6.45) is 1.70. The van der Waals surface area contributed by atoms with E-state index in [-0.39, 0.29) is 18.3 Å². The maximum absolute atomic E-state index is 12.2. The summed E-state index contributed by atoms with van der Waals surface area (Å²) in [7, 11) is 3.23. The molecule has 0 aliphatic rings. The second-order valence-electron chi connectivity index (χ2n) is 5.99. The highest BCUT2D eigenvalue weighted by atomic mass is 16.5. The molecule has 140 valence electrons. The summed E-state index contributed by atoms with van der Waals surface area (Å²) in [5.41, 5.74) is 1.99. The number of aromatic nitrogens is 3. The third-order valence-corrected chi connectivity index (χ3v) is 4.14. The van der Waals surface area contributed by atoms with Crippen LogP contribution >= 0.6 is 0 Å².